The molecule has 32 heavy (non-hydrogen) atoms. The van der Waals surface area contributed by atoms with Gasteiger partial charge in [-0.3, -0.25) is 9.67 Å². The molecule has 0 fully saturated rings. The van der Waals surface area contributed by atoms with Crippen molar-refractivity contribution in [1.29, 1.82) is 0 Å². The fourth-order valence-corrected chi connectivity index (χ4v) is 4.14. The van der Waals surface area contributed by atoms with Crippen LogP contribution < -0.4 is 38.9 Å². The number of nitrogens with zero attached hydrogens (tertiary/aromatic N) is 3. The summed E-state index contributed by atoms with van der Waals surface area (Å²) >= 11 is 5.22. The first-order chi connectivity index (χ1) is 15.0. The summed E-state index contributed by atoms with van der Waals surface area (Å²) in [5.74, 6) is -0.199. The first-order valence-electron chi connectivity index (χ1n) is 10.2. The van der Waals surface area contributed by atoms with Gasteiger partial charge < -0.3 is 24.9 Å². The van der Waals surface area contributed by atoms with E-state index in [9.17, 15) is 9.90 Å². The monoisotopic (exact) mass is 445 g/mol. The van der Waals surface area contributed by atoms with Gasteiger partial charge >= 0.3 is 18.9 Å². The first kappa shape index (κ1) is 23.9. The maximum absolute atomic E-state index is 10.8. The Balaban J connectivity index is 0.00000289. The predicted octanol–water partition coefficient (Wildman–Crippen LogP) is -0.337. The Morgan fingerprint density at radius 3 is 2.94 bits per heavy atom. The molecule has 0 saturated heterocycles. The molecular formula is C22H24LiN5O3S. The van der Waals surface area contributed by atoms with Crippen molar-refractivity contribution in [3.63, 3.8) is 0 Å². The number of aromatic amines is 1. The molecule has 10 heteroatoms. The van der Waals surface area contributed by atoms with Gasteiger partial charge in [-0.25, -0.2) is 0 Å². The standard InChI is InChI=1S/C22H25N5O3S.Li/c1-26-17(7-10-21(28)29)6-5-15-11-19(8-9-20(15)26)30-14-23-16-3-2-4-18(12-16)27-13-24-25-22(27)31;/h2-4,8-9,11-13,17,23H,5-7,10,14H2,1H3,(H,25,31)(H,28,29);/q;+1/p-1. The van der Waals surface area contributed by atoms with Crippen LogP contribution >= 0.6 is 12.2 Å². The van der Waals surface area contributed by atoms with Crippen LogP contribution in [0.25, 0.3) is 5.69 Å². The second-order valence-corrected chi connectivity index (χ2v) is 7.94. The normalized spacial score (nSPS) is 14.9. The van der Waals surface area contributed by atoms with E-state index >= 15 is 0 Å². The van der Waals surface area contributed by atoms with Crippen LogP contribution in [0, 0.1) is 4.77 Å². The molecule has 2 heterocycles. The molecule has 1 aromatic heterocycles. The van der Waals surface area contributed by atoms with Gasteiger partial charge in [-0.2, -0.15) is 5.10 Å². The third-order valence-corrected chi connectivity index (χ3v) is 5.89. The molecule has 3 aromatic rings. The average Bonchev–Trinajstić information content (AvgIpc) is 3.19. The van der Waals surface area contributed by atoms with Gasteiger partial charge in [0.1, 0.15) is 12.1 Å². The van der Waals surface area contributed by atoms with Crippen molar-refractivity contribution in [1.82, 2.24) is 14.8 Å². The Bertz CT molecular complexity index is 1130. The van der Waals surface area contributed by atoms with Crippen molar-refractivity contribution in [3.8, 4) is 11.4 Å². The number of hydrogen-bond acceptors (Lipinski definition) is 7. The smallest absolute Gasteiger partial charge is 0.550 e. The average molecular weight is 445 g/mol. The summed E-state index contributed by atoms with van der Waals surface area (Å²) in [6.45, 7) is 0.323. The second kappa shape index (κ2) is 10.7. The number of carbonyl (C=O) groups excluding carboxylic acids is 1. The third kappa shape index (κ3) is 5.54. The molecule has 1 aliphatic heterocycles. The van der Waals surface area contributed by atoms with Gasteiger partial charge in [-0.1, -0.05) is 6.07 Å². The zero-order valence-corrected chi connectivity index (χ0v) is 19.0. The van der Waals surface area contributed by atoms with Crippen LogP contribution in [0.1, 0.15) is 24.8 Å². The molecule has 1 unspecified atom stereocenters. The molecule has 0 bridgehead atoms. The Labute approximate surface area is 203 Å². The fourth-order valence-electron chi connectivity index (χ4n) is 3.93. The fraction of sp³-hybridized carbons (Fsp3) is 0.318. The van der Waals surface area contributed by atoms with Gasteiger partial charge in [0.05, 0.1) is 5.69 Å². The number of anilines is 2. The molecule has 1 aliphatic rings. The van der Waals surface area contributed by atoms with Crippen molar-refractivity contribution in [2.75, 3.05) is 24.0 Å². The van der Waals surface area contributed by atoms with E-state index in [2.05, 4.69) is 26.5 Å². The Morgan fingerprint density at radius 1 is 1.34 bits per heavy atom. The SMILES string of the molecule is CN1c2ccc(OCNc3cccc(-n4cn[nH]c4=S)c3)cc2CCC1CCC(=O)[O-].[Li+]. The number of H-pyrrole nitrogens is 1. The van der Waals surface area contributed by atoms with Crippen molar-refractivity contribution in [2.24, 2.45) is 0 Å². The van der Waals surface area contributed by atoms with E-state index < -0.39 is 5.97 Å². The maximum Gasteiger partial charge on any atom is 1.00 e. The number of rotatable bonds is 8. The molecule has 0 spiro atoms. The largest absolute Gasteiger partial charge is 1.00 e. The molecule has 0 amide bonds. The predicted molar refractivity (Wildman–Crippen MR) is 119 cm³/mol. The summed E-state index contributed by atoms with van der Waals surface area (Å²) < 4.78 is 8.24. The van der Waals surface area contributed by atoms with Gasteiger partial charge in [0.15, 0.2) is 11.5 Å². The van der Waals surface area contributed by atoms with Crippen LogP contribution in [-0.2, 0) is 11.2 Å². The minimum atomic E-state index is -0.992. The van der Waals surface area contributed by atoms with Crippen LogP contribution in [0.2, 0.25) is 0 Å². The number of carbonyl (C=O) groups is 1. The minimum absolute atomic E-state index is 0. The number of carboxylic acid groups (broad SMARTS) is 1. The number of aliphatic carboxylic acids is 1. The zero-order valence-electron chi connectivity index (χ0n) is 18.2. The van der Waals surface area contributed by atoms with E-state index in [1.807, 2.05) is 43.4 Å². The Hall–Kier alpha value is -2.73. The number of fused-ring (bicyclic) bond motifs is 1. The molecule has 1 atom stereocenters. The number of aryl methyl sites for hydroxylation is 1. The van der Waals surface area contributed by atoms with E-state index in [0.717, 1.165) is 35.7 Å². The molecule has 0 radical (unpaired) electrons. The van der Waals surface area contributed by atoms with E-state index in [1.54, 1.807) is 10.9 Å². The number of carboxylic acids is 1. The second-order valence-electron chi connectivity index (χ2n) is 7.55. The molecule has 2 N–H and O–H groups in total. The summed E-state index contributed by atoms with van der Waals surface area (Å²) in [5, 5.41) is 20.7. The molecule has 4 rings (SSSR count). The van der Waals surface area contributed by atoms with E-state index in [1.165, 1.54) is 5.56 Å². The van der Waals surface area contributed by atoms with Crippen molar-refractivity contribution in [3.05, 3.63) is 59.1 Å². The zero-order chi connectivity index (χ0) is 21.8. The topological polar surface area (TPSA) is 98.2 Å². The van der Waals surface area contributed by atoms with Gasteiger partial charge in [0.2, 0.25) is 0 Å². The third-order valence-electron chi connectivity index (χ3n) is 5.60. The molecule has 8 nitrogen and oxygen atoms in total. The van der Waals surface area contributed by atoms with Crippen molar-refractivity contribution < 1.29 is 33.5 Å². The number of nitrogens with one attached hydrogen (secondary N) is 2. The van der Waals surface area contributed by atoms with Gasteiger partial charge in [0.25, 0.3) is 0 Å². The molecule has 162 valence electrons. The van der Waals surface area contributed by atoms with E-state index in [4.69, 9.17) is 17.0 Å². The Morgan fingerprint density at radius 2 is 2.19 bits per heavy atom. The first-order valence-corrected chi connectivity index (χ1v) is 10.6. The summed E-state index contributed by atoms with van der Waals surface area (Å²) in [5.41, 5.74) is 4.16. The minimum Gasteiger partial charge on any atom is -0.550 e. The molecule has 2 aromatic carbocycles. The van der Waals surface area contributed by atoms with Gasteiger partial charge in [0, 0.05) is 30.4 Å². The van der Waals surface area contributed by atoms with E-state index in [0.29, 0.717) is 17.9 Å². The van der Waals surface area contributed by atoms with Crippen LogP contribution in [-0.4, -0.2) is 40.6 Å². The van der Waals surface area contributed by atoms with Crippen molar-refractivity contribution >= 4 is 29.6 Å². The van der Waals surface area contributed by atoms with E-state index in [-0.39, 0.29) is 31.3 Å². The number of aromatic nitrogens is 3. The molecular weight excluding hydrogens is 421 g/mol. The van der Waals surface area contributed by atoms with Gasteiger partial charge in [-0.05, 0) is 79.9 Å². The van der Waals surface area contributed by atoms with Crippen molar-refractivity contribution in [2.45, 2.75) is 31.7 Å². The van der Waals surface area contributed by atoms with Crippen LogP contribution in [0.3, 0.4) is 0 Å². The number of hydrogen-bond donors (Lipinski definition) is 2. The number of ether oxygens (including phenoxy) is 1. The quantitative estimate of drug-likeness (QED) is 0.278. The number of benzene rings is 2. The van der Waals surface area contributed by atoms with Gasteiger partial charge in [-0.15, -0.1) is 0 Å². The molecule has 0 aliphatic carbocycles. The van der Waals surface area contributed by atoms with Crippen LogP contribution in [0.4, 0.5) is 11.4 Å². The summed E-state index contributed by atoms with van der Waals surface area (Å²) in [6.07, 6.45) is 4.15. The van der Waals surface area contributed by atoms with Crippen LogP contribution in [0.5, 0.6) is 5.75 Å². The molecule has 0 saturated carbocycles. The van der Waals surface area contributed by atoms with Crippen LogP contribution in [0.15, 0.2) is 48.8 Å². The summed E-state index contributed by atoms with van der Waals surface area (Å²) in [7, 11) is 2.01. The summed E-state index contributed by atoms with van der Waals surface area (Å²) in [4.78, 5) is 12.9. The summed E-state index contributed by atoms with van der Waals surface area (Å²) in [6, 6.07) is 14.1. The Kier molecular flexibility index (Phi) is 8.02. The maximum atomic E-state index is 10.8.